The van der Waals surface area contributed by atoms with Crippen LogP contribution in [0.15, 0.2) is 0 Å². The van der Waals surface area contributed by atoms with Crippen molar-refractivity contribution < 1.29 is 19.4 Å². The fraction of sp³-hybridized carbons (Fsp3) is 0.833. The smallest absolute Gasteiger partial charge is 0.407 e. The second-order valence-corrected chi connectivity index (χ2v) is 5.57. The maximum Gasteiger partial charge on any atom is 0.407 e. The van der Waals surface area contributed by atoms with Crippen LogP contribution in [0.1, 0.15) is 47.5 Å². The van der Waals surface area contributed by atoms with E-state index in [1.165, 1.54) is 0 Å². The molecule has 0 spiro atoms. The van der Waals surface area contributed by atoms with Crippen molar-refractivity contribution in [3.05, 3.63) is 0 Å². The van der Waals surface area contributed by atoms with E-state index in [0.29, 0.717) is 12.3 Å². The Labute approximate surface area is 103 Å². The molecule has 0 saturated heterocycles. The Hall–Kier alpha value is -1.26. The Kier molecular flexibility index (Phi) is 5.99. The molecule has 0 aliphatic rings. The van der Waals surface area contributed by atoms with Gasteiger partial charge in [-0.2, -0.15) is 0 Å². The van der Waals surface area contributed by atoms with Crippen LogP contribution in [0.4, 0.5) is 4.79 Å². The van der Waals surface area contributed by atoms with E-state index in [2.05, 4.69) is 5.32 Å². The summed E-state index contributed by atoms with van der Waals surface area (Å²) >= 11 is 0. The molecule has 0 rings (SSSR count). The molecule has 0 saturated carbocycles. The largest absolute Gasteiger partial charge is 0.481 e. The zero-order chi connectivity index (χ0) is 13.6. The molecule has 0 fully saturated rings. The molecule has 0 radical (unpaired) electrons. The van der Waals surface area contributed by atoms with Gasteiger partial charge in [0.2, 0.25) is 0 Å². The molecule has 1 unspecified atom stereocenters. The molecule has 17 heavy (non-hydrogen) atoms. The van der Waals surface area contributed by atoms with E-state index in [4.69, 9.17) is 9.84 Å². The van der Waals surface area contributed by atoms with Crippen molar-refractivity contribution in [2.24, 2.45) is 5.92 Å². The number of ether oxygens (including phenoxy) is 1. The van der Waals surface area contributed by atoms with Gasteiger partial charge in [0.1, 0.15) is 5.60 Å². The average Bonchev–Trinajstić information content (AvgIpc) is 1.95. The first-order chi connectivity index (χ1) is 7.60. The average molecular weight is 245 g/mol. The molecule has 1 atom stereocenters. The molecule has 5 nitrogen and oxygen atoms in total. The molecule has 1 amide bonds. The quantitative estimate of drug-likeness (QED) is 0.779. The summed E-state index contributed by atoms with van der Waals surface area (Å²) in [6.45, 7) is 9.25. The molecule has 0 aromatic heterocycles. The summed E-state index contributed by atoms with van der Waals surface area (Å²) in [5.41, 5.74) is -0.574. The highest BCUT2D eigenvalue weighted by molar-refractivity contribution is 5.71. The number of carbonyl (C=O) groups excluding carboxylic acids is 1. The molecule has 0 heterocycles. The van der Waals surface area contributed by atoms with Gasteiger partial charge in [0.25, 0.3) is 0 Å². The van der Waals surface area contributed by atoms with Crippen molar-refractivity contribution in [3.8, 4) is 0 Å². The summed E-state index contributed by atoms with van der Waals surface area (Å²) in [4.78, 5) is 22.2. The van der Waals surface area contributed by atoms with Crippen LogP contribution in [0.25, 0.3) is 0 Å². The van der Waals surface area contributed by atoms with Gasteiger partial charge in [-0.15, -0.1) is 0 Å². The molecule has 0 aliphatic carbocycles. The number of amides is 1. The van der Waals surface area contributed by atoms with E-state index < -0.39 is 17.7 Å². The Morgan fingerprint density at radius 3 is 2.18 bits per heavy atom. The SMILES string of the molecule is CC(C)CC(CC(=O)O)NC(=O)OC(C)(C)C. The lowest BCUT2D eigenvalue weighted by Gasteiger charge is -2.23. The molecule has 0 bridgehead atoms. The number of aliphatic carboxylic acids is 1. The summed E-state index contributed by atoms with van der Waals surface area (Å²) in [5, 5.41) is 11.3. The minimum Gasteiger partial charge on any atom is -0.481 e. The first-order valence-electron chi connectivity index (χ1n) is 5.81. The maximum absolute atomic E-state index is 11.5. The molecular formula is C12H23NO4. The lowest BCUT2D eigenvalue weighted by molar-refractivity contribution is -0.137. The highest BCUT2D eigenvalue weighted by Gasteiger charge is 2.21. The zero-order valence-electron chi connectivity index (χ0n) is 11.2. The van der Waals surface area contributed by atoms with Gasteiger partial charge in [0.05, 0.1) is 6.42 Å². The molecule has 0 aliphatic heterocycles. The van der Waals surface area contributed by atoms with Crippen molar-refractivity contribution in [2.75, 3.05) is 0 Å². The van der Waals surface area contributed by atoms with Gasteiger partial charge in [-0.3, -0.25) is 4.79 Å². The molecule has 100 valence electrons. The Morgan fingerprint density at radius 2 is 1.82 bits per heavy atom. The number of carboxylic acids is 1. The molecular weight excluding hydrogens is 222 g/mol. The lowest BCUT2D eigenvalue weighted by atomic mass is 10.0. The summed E-state index contributed by atoms with van der Waals surface area (Å²) in [6, 6.07) is -0.387. The van der Waals surface area contributed by atoms with Crippen LogP contribution >= 0.6 is 0 Å². The van der Waals surface area contributed by atoms with E-state index in [-0.39, 0.29) is 12.5 Å². The van der Waals surface area contributed by atoms with Crippen molar-refractivity contribution in [2.45, 2.75) is 59.1 Å². The monoisotopic (exact) mass is 245 g/mol. The van der Waals surface area contributed by atoms with Crippen LogP contribution in [0.5, 0.6) is 0 Å². The van der Waals surface area contributed by atoms with Crippen molar-refractivity contribution in [3.63, 3.8) is 0 Å². The molecule has 0 aromatic rings. The number of nitrogens with one attached hydrogen (secondary N) is 1. The summed E-state index contributed by atoms with van der Waals surface area (Å²) in [7, 11) is 0. The van der Waals surface area contributed by atoms with Gasteiger partial charge < -0.3 is 15.2 Å². The van der Waals surface area contributed by atoms with Gasteiger partial charge in [-0.1, -0.05) is 13.8 Å². The van der Waals surface area contributed by atoms with Gasteiger partial charge >= 0.3 is 12.1 Å². The highest BCUT2D eigenvalue weighted by atomic mass is 16.6. The fourth-order valence-corrected chi connectivity index (χ4v) is 1.45. The third kappa shape index (κ3) is 9.66. The van der Waals surface area contributed by atoms with Gasteiger partial charge in [0, 0.05) is 6.04 Å². The van der Waals surface area contributed by atoms with Crippen LogP contribution in [0.2, 0.25) is 0 Å². The van der Waals surface area contributed by atoms with E-state index in [1.54, 1.807) is 20.8 Å². The number of carboxylic acid groups (broad SMARTS) is 1. The second-order valence-electron chi connectivity index (χ2n) is 5.57. The van der Waals surface area contributed by atoms with E-state index >= 15 is 0 Å². The van der Waals surface area contributed by atoms with Crippen LogP contribution in [0, 0.1) is 5.92 Å². The first kappa shape index (κ1) is 15.7. The number of hydrogen-bond acceptors (Lipinski definition) is 3. The highest BCUT2D eigenvalue weighted by Crippen LogP contribution is 2.11. The zero-order valence-corrected chi connectivity index (χ0v) is 11.2. The van der Waals surface area contributed by atoms with Crippen LogP contribution in [0.3, 0.4) is 0 Å². The summed E-state index contributed by atoms with van der Waals surface area (Å²) < 4.78 is 5.09. The molecule has 2 N–H and O–H groups in total. The van der Waals surface area contributed by atoms with Crippen LogP contribution in [-0.2, 0) is 9.53 Å². The predicted molar refractivity (Wildman–Crippen MR) is 64.9 cm³/mol. The van der Waals surface area contributed by atoms with Crippen LogP contribution in [-0.4, -0.2) is 28.8 Å². The second kappa shape index (κ2) is 6.47. The fourth-order valence-electron chi connectivity index (χ4n) is 1.45. The molecule has 5 heteroatoms. The third-order valence-corrected chi connectivity index (χ3v) is 1.90. The van der Waals surface area contributed by atoms with Crippen molar-refractivity contribution in [1.29, 1.82) is 0 Å². The Bertz CT molecular complexity index is 268. The number of rotatable bonds is 5. The topological polar surface area (TPSA) is 75.6 Å². The van der Waals surface area contributed by atoms with Gasteiger partial charge in [0.15, 0.2) is 0 Å². The first-order valence-corrected chi connectivity index (χ1v) is 5.81. The van der Waals surface area contributed by atoms with Crippen LogP contribution < -0.4 is 5.32 Å². The number of hydrogen-bond donors (Lipinski definition) is 2. The van der Waals surface area contributed by atoms with E-state index in [1.807, 2.05) is 13.8 Å². The predicted octanol–water partition coefficient (Wildman–Crippen LogP) is 2.40. The van der Waals surface area contributed by atoms with Gasteiger partial charge in [-0.05, 0) is 33.1 Å². The van der Waals surface area contributed by atoms with E-state index in [9.17, 15) is 9.59 Å². The van der Waals surface area contributed by atoms with Gasteiger partial charge in [-0.25, -0.2) is 4.79 Å². The minimum absolute atomic E-state index is 0.0859. The minimum atomic E-state index is -0.924. The van der Waals surface area contributed by atoms with Crippen molar-refractivity contribution >= 4 is 12.1 Å². The van der Waals surface area contributed by atoms with Crippen molar-refractivity contribution in [1.82, 2.24) is 5.32 Å². The normalized spacial score (nSPS) is 13.3. The maximum atomic E-state index is 11.5. The molecule has 0 aromatic carbocycles. The summed E-state index contributed by atoms with van der Waals surface area (Å²) in [5.74, 6) is -0.610. The Morgan fingerprint density at radius 1 is 1.29 bits per heavy atom. The third-order valence-electron chi connectivity index (χ3n) is 1.90. The Balaban J connectivity index is 4.32. The standard InChI is InChI=1S/C12H23NO4/c1-8(2)6-9(7-10(14)15)13-11(16)17-12(3,4)5/h8-9H,6-7H2,1-5H3,(H,13,16)(H,14,15). The number of alkyl carbamates (subject to hydrolysis) is 1. The lowest BCUT2D eigenvalue weighted by Crippen LogP contribution is -2.40. The number of carbonyl (C=O) groups is 2. The van der Waals surface area contributed by atoms with E-state index in [0.717, 1.165) is 0 Å². The summed E-state index contributed by atoms with van der Waals surface area (Å²) in [6.07, 6.45) is -0.0347.